The molecule has 0 saturated carbocycles. The van der Waals surface area contributed by atoms with Gasteiger partial charge in [0.25, 0.3) is 0 Å². The highest BCUT2D eigenvalue weighted by Gasteiger charge is 2.03. The van der Waals surface area contributed by atoms with E-state index in [9.17, 15) is 4.79 Å². The molecule has 90 valence electrons. The van der Waals surface area contributed by atoms with Gasteiger partial charge in [0.1, 0.15) is 11.8 Å². The lowest BCUT2D eigenvalue weighted by atomic mass is 10.1. The topological polar surface area (TPSA) is 55.0 Å². The minimum atomic E-state index is -0.0151. The van der Waals surface area contributed by atoms with Gasteiger partial charge in [0.2, 0.25) is 0 Å². The predicted octanol–water partition coefficient (Wildman–Crippen LogP) is 1.78. The van der Waals surface area contributed by atoms with Gasteiger partial charge < -0.3 is 9.30 Å². The van der Waals surface area contributed by atoms with Crippen LogP contribution in [0.1, 0.15) is 11.1 Å². The molecule has 2 aromatic rings. The second kappa shape index (κ2) is 5.19. The summed E-state index contributed by atoms with van der Waals surface area (Å²) in [7, 11) is 1.54. The summed E-state index contributed by atoms with van der Waals surface area (Å²) in [6.45, 7) is 0.610. The molecule has 0 bridgehead atoms. The number of hydrogen-bond donors (Lipinski definition) is 0. The Morgan fingerprint density at radius 1 is 1.28 bits per heavy atom. The molecule has 4 heteroatoms. The Kier molecular flexibility index (Phi) is 3.44. The van der Waals surface area contributed by atoms with Crippen LogP contribution in [0.5, 0.6) is 5.75 Å². The third kappa shape index (κ3) is 2.58. The molecule has 1 heterocycles. The molecule has 0 atom stereocenters. The summed E-state index contributed by atoms with van der Waals surface area (Å²) in [6, 6.07) is 10.6. The molecule has 0 amide bonds. The molecule has 0 fully saturated rings. The molecule has 0 aliphatic rings. The summed E-state index contributed by atoms with van der Waals surface area (Å²) in [4.78, 5) is 11.0. The maximum Gasteiger partial charge on any atom is 0.181 e. The van der Waals surface area contributed by atoms with Gasteiger partial charge in [-0.15, -0.1) is 0 Å². The van der Waals surface area contributed by atoms with Crippen molar-refractivity contribution in [2.75, 3.05) is 7.11 Å². The Morgan fingerprint density at radius 2 is 2.00 bits per heavy atom. The van der Waals surface area contributed by atoms with E-state index in [0.29, 0.717) is 17.9 Å². The Labute approximate surface area is 105 Å². The van der Waals surface area contributed by atoms with E-state index in [1.54, 1.807) is 24.5 Å². The van der Waals surface area contributed by atoms with E-state index in [2.05, 4.69) is 6.07 Å². The summed E-state index contributed by atoms with van der Waals surface area (Å²) in [5.74, 6) is 0.571. The maximum absolute atomic E-state index is 11.0. The monoisotopic (exact) mass is 240 g/mol. The van der Waals surface area contributed by atoms with Crippen LogP contribution in [0, 0.1) is 11.3 Å². The first kappa shape index (κ1) is 11.9. The van der Waals surface area contributed by atoms with Crippen molar-refractivity contribution >= 4 is 0 Å². The number of nitriles is 1. The van der Waals surface area contributed by atoms with Crippen LogP contribution in [-0.2, 0) is 6.54 Å². The number of nitrogens with zero attached hydrogens (tertiary/aromatic N) is 2. The lowest BCUT2D eigenvalue weighted by Gasteiger charge is -2.08. The molecule has 0 aliphatic heterocycles. The standard InChI is InChI=1S/C14H12N2O2/c1-18-14-3-2-11(8-12(14)9-15)10-16-6-4-13(17)5-7-16/h2-8H,10H2,1H3. The summed E-state index contributed by atoms with van der Waals surface area (Å²) < 4.78 is 6.97. The Balaban J connectivity index is 2.27. The number of benzene rings is 1. The van der Waals surface area contributed by atoms with Crippen LogP contribution in [0.25, 0.3) is 0 Å². The first-order valence-corrected chi connectivity index (χ1v) is 5.46. The van der Waals surface area contributed by atoms with Gasteiger partial charge in [-0.2, -0.15) is 5.26 Å². The zero-order valence-corrected chi connectivity index (χ0v) is 9.96. The smallest absolute Gasteiger partial charge is 0.181 e. The average Bonchev–Trinajstić information content (AvgIpc) is 2.41. The van der Waals surface area contributed by atoms with Crippen molar-refractivity contribution in [3.63, 3.8) is 0 Å². The second-order valence-corrected chi connectivity index (χ2v) is 3.85. The van der Waals surface area contributed by atoms with Crippen molar-refractivity contribution in [1.82, 2.24) is 4.57 Å². The first-order valence-electron chi connectivity index (χ1n) is 5.46. The Hall–Kier alpha value is -2.54. The normalized spacial score (nSPS) is 9.78. The van der Waals surface area contributed by atoms with Crippen molar-refractivity contribution < 1.29 is 4.74 Å². The van der Waals surface area contributed by atoms with Crippen molar-refractivity contribution in [2.24, 2.45) is 0 Å². The minimum Gasteiger partial charge on any atom is -0.495 e. The summed E-state index contributed by atoms with van der Waals surface area (Å²) >= 11 is 0. The second-order valence-electron chi connectivity index (χ2n) is 3.85. The molecule has 2 rings (SSSR count). The summed E-state index contributed by atoms with van der Waals surface area (Å²) in [5.41, 5.74) is 1.48. The lowest BCUT2D eigenvalue weighted by Crippen LogP contribution is -2.05. The molecule has 1 aromatic heterocycles. The van der Waals surface area contributed by atoms with Gasteiger partial charge in [0, 0.05) is 31.1 Å². The fraction of sp³-hybridized carbons (Fsp3) is 0.143. The number of ether oxygens (including phenoxy) is 1. The van der Waals surface area contributed by atoms with Crippen molar-refractivity contribution in [2.45, 2.75) is 6.54 Å². The van der Waals surface area contributed by atoms with Crippen molar-refractivity contribution in [1.29, 1.82) is 5.26 Å². The predicted molar refractivity (Wildman–Crippen MR) is 67.5 cm³/mol. The number of pyridine rings is 1. The fourth-order valence-corrected chi connectivity index (χ4v) is 1.70. The van der Waals surface area contributed by atoms with Crippen LogP contribution in [0.3, 0.4) is 0 Å². The molecule has 0 aliphatic carbocycles. The van der Waals surface area contributed by atoms with Gasteiger partial charge in [-0.3, -0.25) is 4.79 Å². The lowest BCUT2D eigenvalue weighted by molar-refractivity contribution is 0.413. The average molecular weight is 240 g/mol. The number of aromatic nitrogens is 1. The molecule has 18 heavy (non-hydrogen) atoms. The number of hydrogen-bond acceptors (Lipinski definition) is 3. The van der Waals surface area contributed by atoms with Crippen LogP contribution < -0.4 is 10.2 Å². The Morgan fingerprint density at radius 3 is 2.61 bits per heavy atom. The zero-order chi connectivity index (χ0) is 13.0. The van der Waals surface area contributed by atoms with E-state index in [0.717, 1.165) is 5.56 Å². The highest BCUT2D eigenvalue weighted by atomic mass is 16.5. The minimum absolute atomic E-state index is 0.0151. The van der Waals surface area contributed by atoms with Crippen LogP contribution in [-0.4, -0.2) is 11.7 Å². The molecular weight excluding hydrogens is 228 g/mol. The van der Waals surface area contributed by atoms with E-state index in [1.807, 2.05) is 10.6 Å². The van der Waals surface area contributed by atoms with Crippen LogP contribution in [0.2, 0.25) is 0 Å². The van der Waals surface area contributed by atoms with E-state index in [4.69, 9.17) is 10.00 Å². The molecular formula is C14H12N2O2. The van der Waals surface area contributed by atoms with Gasteiger partial charge in [0.15, 0.2) is 5.43 Å². The van der Waals surface area contributed by atoms with Gasteiger partial charge in [-0.25, -0.2) is 0 Å². The zero-order valence-electron chi connectivity index (χ0n) is 9.96. The third-order valence-corrected chi connectivity index (χ3v) is 2.61. The molecule has 0 saturated heterocycles. The van der Waals surface area contributed by atoms with Gasteiger partial charge >= 0.3 is 0 Å². The SMILES string of the molecule is COc1ccc(Cn2ccc(=O)cc2)cc1C#N. The highest BCUT2D eigenvalue weighted by Crippen LogP contribution is 2.19. The molecule has 1 aromatic carbocycles. The van der Waals surface area contributed by atoms with Crippen LogP contribution in [0.15, 0.2) is 47.5 Å². The van der Waals surface area contributed by atoms with Gasteiger partial charge in [-0.05, 0) is 17.7 Å². The van der Waals surface area contributed by atoms with E-state index in [1.165, 1.54) is 19.2 Å². The maximum atomic E-state index is 11.0. The van der Waals surface area contributed by atoms with Gasteiger partial charge in [-0.1, -0.05) is 6.07 Å². The van der Waals surface area contributed by atoms with Gasteiger partial charge in [0.05, 0.1) is 12.7 Å². The molecule has 0 unspecified atom stereocenters. The van der Waals surface area contributed by atoms with Crippen LogP contribution in [0.4, 0.5) is 0 Å². The summed E-state index contributed by atoms with van der Waals surface area (Å²) in [5, 5.41) is 9.00. The van der Waals surface area contributed by atoms with Crippen molar-refractivity contribution in [3.8, 4) is 11.8 Å². The molecule has 4 nitrogen and oxygen atoms in total. The first-order chi connectivity index (χ1) is 8.72. The largest absolute Gasteiger partial charge is 0.495 e. The van der Waals surface area contributed by atoms with Crippen molar-refractivity contribution in [3.05, 3.63) is 64.1 Å². The van der Waals surface area contributed by atoms with Crippen LogP contribution >= 0.6 is 0 Å². The fourth-order valence-electron chi connectivity index (χ4n) is 1.70. The van der Waals surface area contributed by atoms with E-state index in [-0.39, 0.29) is 5.43 Å². The Bertz CT molecular complexity index is 633. The quantitative estimate of drug-likeness (QED) is 0.821. The number of methoxy groups -OCH3 is 1. The molecule has 0 N–H and O–H groups in total. The van der Waals surface area contributed by atoms with E-state index < -0.39 is 0 Å². The molecule has 0 radical (unpaired) electrons. The number of rotatable bonds is 3. The molecule has 0 spiro atoms. The van der Waals surface area contributed by atoms with E-state index >= 15 is 0 Å². The highest BCUT2D eigenvalue weighted by molar-refractivity contribution is 5.45. The summed E-state index contributed by atoms with van der Waals surface area (Å²) in [6.07, 6.45) is 3.44. The third-order valence-electron chi connectivity index (χ3n) is 2.61.